The maximum Gasteiger partial charge on any atom is 0.253 e. The Hall–Kier alpha value is -2.20. The molecule has 114 valence electrons. The molecule has 0 N–H and O–H groups in total. The van der Waals surface area contributed by atoms with Crippen molar-refractivity contribution in [1.82, 2.24) is 9.80 Å². The Kier molecular flexibility index (Phi) is 4.49. The van der Waals surface area contributed by atoms with E-state index in [9.17, 15) is 9.18 Å². The predicted octanol–water partition coefficient (Wildman–Crippen LogP) is 2.78. The lowest BCUT2D eigenvalue weighted by Gasteiger charge is -2.34. The highest BCUT2D eigenvalue weighted by Crippen LogP contribution is 2.12. The van der Waals surface area contributed by atoms with Gasteiger partial charge in [-0.15, -0.1) is 0 Å². The van der Waals surface area contributed by atoms with Gasteiger partial charge >= 0.3 is 0 Å². The van der Waals surface area contributed by atoms with Gasteiger partial charge in [-0.25, -0.2) is 4.39 Å². The van der Waals surface area contributed by atoms with E-state index in [0.717, 1.165) is 43.9 Å². The fourth-order valence-corrected chi connectivity index (χ4v) is 2.72. The number of benzene rings is 2. The summed E-state index contributed by atoms with van der Waals surface area (Å²) in [6.07, 6.45) is 0. The van der Waals surface area contributed by atoms with Crippen LogP contribution in [0, 0.1) is 5.82 Å². The SMILES string of the molecule is O=C(c1ccccc1)N1CCN(Cc2ccc(F)cc2)CC1. The van der Waals surface area contributed by atoms with Gasteiger partial charge in [-0.1, -0.05) is 30.3 Å². The van der Waals surface area contributed by atoms with Crippen molar-refractivity contribution >= 4 is 5.91 Å². The Morgan fingerprint density at radius 1 is 0.909 bits per heavy atom. The van der Waals surface area contributed by atoms with Gasteiger partial charge in [-0.05, 0) is 29.8 Å². The van der Waals surface area contributed by atoms with Crippen molar-refractivity contribution in [2.45, 2.75) is 6.54 Å². The van der Waals surface area contributed by atoms with E-state index in [2.05, 4.69) is 4.90 Å². The lowest BCUT2D eigenvalue weighted by atomic mass is 10.1. The Morgan fingerprint density at radius 3 is 2.18 bits per heavy atom. The molecule has 3 rings (SSSR count). The zero-order chi connectivity index (χ0) is 15.4. The summed E-state index contributed by atoms with van der Waals surface area (Å²) in [6, 6.07) is 16.0. The average Bonchev–Trinajstić information content (AvgIpc) is 2.58. The normalized spacial score (nSPS) is 15.8. The number of hydrogen-bond acceptors (Lipinski definition) is 2. The summed E-state index contributed by atoms with van der Waals surface area (Å²) in [4.78, 5) is 16.6. The van der Waals surface area contributed by atoms with E-state index in [1.807, 2.05) is 47.4 Å². The maximum absolute atomic E-state index is 12.9. The van der Waals surface area contributed by atoms with Crippen molar-refractivity contribution in [1.29, 1.82) is 0 Å². The Balaban J connectivity index is 1.54. The first kappa shape index (κ1) is 14.7. The summed E-state index contributed by atoms with van der Waals surface area (Å²) in [5.41, 5.74) is 1.85. The zero-order valence-corrected chi connectivity index (χ0v) is 12.4. The third-order valence-electron chi connectivity index (χ3n) is 4.00. The van der Waals surface area contributed by atoms with Gasteiger partial charge in [0.1, 0.15) is 5.82 Å². The van der Waals surface area contributed by atoms with E-state index < -0.39 is 0 Å². The van der Waals surface area contributed by atoms with Crippen LogP contribution in [-0.2, 0) is 6.54 Å². The molecule has 3 nitrogen and oxygen atoms in total. The van der Waals surface area contributed by atoms with Crippen molar-refractivity contribution in [3.05, 3.63) is 71.5 Å². The summed E-state index contributed by atoms with van der Waals surface area (Å²) in [7, 11) is 0. The number of nitrogens with zero attached hydrogens (tertiary/aromatic N) is 2. The molecule has 4 heteroatoms. The second-order valence-electron chi connectivity index (χ2n) is 5.56. The number of carbonyl (C=O) groups is 1. The first-order valence-electron chi connectivity index (χ1n) is 7.53. The van der Waals surface area contributed by atoms with Crippen molar-refractivity contribution in [3.8, 4) is 0 Å². The van der Waals surface area contributed by atoms with Crippen molar-refractivity contribution in [2.24, 2.45) is 0 Å². The molecule has 1 saturated heterocycles. The Bertz CT molecular complexity index is 619. The largest absolute Gasteiger partial charge is 0.336 e. The Morgan fingerprint density at radius 2 is 1.55 bits per heavy atom. The lowest BCUT2D eigenvalue weighted by molar-refractivity contribution is 0.0628. The van der Waals surface area contributed by atoms with E-state index in [1.165, 1.54) is 12.1 Å². The third-order valence-corrected chi connectivity index (χ3v) is 4.00. The molecule has 0 atom stereocenters. The highest BCUT2D eigenvalue weighted by Gasteiger charge is 2.21. The van der Waals surface area contributed by atoms with E-state index >= 15 is 0 Å². The highest BCUT2D eigenvalue weighted by molar-refractivity contribution is 5.94. The van der Waals surface area contributed by atoms with Crippen LogP contribution >= 0.6 is 0 Å². The van der Waals surface area contributed by atoms with Crippen LogP contribution < -0.4 is 0 Å². The molecule has 1 aliphatic rings. The van der Waals surface area contributed by atoms with Crippen molar-refractivity contribution in [3.63, 3.8) is 0 Å². The predicted molar refractivity (Wildman–Crippen MR) is 84.0 cm³/mol. The zero-order valence-electron chi connectivity index (χ0n) is 12.4. The van der Waals surface area contributed by atoms with Gasteiger partial charge in [0.25, 0.3) is 5.91 Å². The minimum absolute atomic E-state index is 0.0991. The molecule has 0 aliphatic carbocycles. The number of amides is 1. The highest BCUT2D eigenvalue weighted by atomic mass is 19.1. The van der Waals surface area contributed by atoms with Crippen LogP contribution in [0.5, 0.6) is 0 Å². The van der Waals surface area contributed by atoms with Crippen molar-refractivity contribution in [2.75, 3.05) is 26.2 Å². The van der Waals surface area contributed by atoms with Gasteiger partial charge in [0.15, 0.2) is 0 Å². The molecule has 1 amide bonds. The van der Waals surface area contributed by atoms with Gasteiger partial charge in [-0.2, -0.15) is 0 Å². The van der Waals surface area contributed by atoms with Gasteiger partial charge in [0.2, 0.25) is 0 Å². The van der Waals surface area contributed by atoms with E-state index in [1.54, 1.807) is 0 Å². The fraction of sp³-hybridized carbons (Fsp3) is 0.278. The van der Waals surface area contributed by atoms with Crippen LogP contribution in [0.3, 0.4) is 0 Å². The number of halogens is 1. The smallest absolute Gasteiger partial charge is 0.253 e. The van der Waals surface area contributed by atoms with Crippen LogP contribution in [0.25, 0.3) is 0 Å². The number of rotatable bonds is 3. The average molecular weight is 298 g/mol. The van der Waals surface area contributed by atoms with E-state index in [0.29, 0.717) is 0 Å². The third kappa shape index (κ3) is 3.52. The monoisotopic (exact) mass is 298 g/mol. The molecule has 1 heterocycles. The molecule has 1 fully saturated rings. The number of hydrogen-bond donors (Lipinski definition) is 0. The van der Waals surface area contributed by atoms with E-state index in [4.69, 9.17) is 0 Å². The van der Waals surface area contributed by atoms with Crippen LogP contribution in [0.15, 0.2) is 54.6 Å². The molecular weight excluding hydrogens is 279 g/mol. The summed E-state index contributed by atoms with van der Waals surface area (Å²) in [6.45, 7) is 3.95. The van der Waals surface area contributed by atoms with Gasteiger partial charge in [0.05, 0.1) is 0 Å². The molecule has 2 aromatic carbocycles. The quantitative estimate of drug-likeness (QED) is 0.870. The minimum Gasteiger partial charge on any atom is -0.336 e. The summed E-state index contributed by atoms with van der Waals surface area (Å²) in [5.74, 6) is -0.107. The molecule has 22 heavy (non-hydrogen) atoms. The summed E-state index contributed by atoms with van der Waals surface area (Å²) >= 11 is 0. The lowest BCUT2D eigenvalue weighted by Crippen LogP contribution is -2.48. The second kappa shape index (κ2) is 6.71. The van der Waals surface area contributed by atoms with Gasteiger partial charge in [0, 0.05) is 38.3 Å². The molecule has 0 unspecified atom stereocenters. The fourth-order valence-electron chi connectivity index (χ4n) is 2.72. The maximum atomic E-state index is 12.9. The second-order valence-corrected chi connectivity index (χ2v) is 5.56. The van der Waals surface area contributed by atoms with Gasteiger partial charge < -0.3 is 4.90 Å². The van der Waals surface area contributed by atoms with Crippen LogP contribution in [-0.4, -0.2) is 41.9 Å². The molecule has 0 spiro atoms. The molecule has 2 aromatic rings. The molecular formula is C18H19FN2O. The Labute approximate surface area is 130 Å². The summed E-state index contributed by atoms with van der Waals surface area (Å²) in [5, 5.41) is 0. The van der Waals surface area contributed by atoms with Crippen LogP contribution in [0.2, 0.25) is 0 Å². The van der Waals surface area contributed by atoms with Crippen LogP contribution in [0.4, 0.5) is 4.39 Å². The number of carbonyl (C=O) groups excluding carboxylic acids is 1. The number of piperazine rings is 1. The van der Waals surface area contributed by atoms with E-state index in [-0.39, 0.29) is 11.7 Å². The topological polar surface area (TPSA) is 23.6 Å². The molecule has 0 saturated carbocycles. The minimum atomic E-state index is -0.206. The molecule has 1 aliphatic heterocycles. The standard InChI is InChI=1S/C18H19FN2O/c19-17-8-6-15(7-9-17)14-20-10-12-21(13-11-20)18(22)16-4-2-1-3-5-16/h1-9H,10-14H2. The van der Waals surface area contributed by atoms with Crippen LogP contribution in [0.1, 0.15) is 15.9 Å². The molecule has 0 radical (unpaired) electrons. The first-order valence-corrected chi connectivity index (χ1v) is 7.53. The first-order chi connectivity index (χ1) is 10.7. The summed E-state index contributed by atoms with van der Waals surface area (Å²) < 4.78 is 12.9. The van der Waals surface area contributed by atoms with Crippen molar-refractivity contribution < 1.29 is 9.18 Å². The van der Waals surface area contributed by atoms with Gasteiger partial charge in [-0.3, -0.25) is 9.69 Å². The molecule has 0 bridgehead atoms. The molecule has 0 aromatic heterocycles.